The third-order valence-corrected chi connectivity index (χ3v) is 8.06. The monoisotopic (exact) mass is 535 g/mol. The number of nitrogens with zero attached hydrogens (tertiary/aromatic N) is 3. The van der Waals surface area contributed by atoms with Gasteiger partial charge in [-0.2, -0.15) is 0 Å². The van der Waals surface area contributed by atoms with Crippen LogP contribution in [0.4, 0.5) is 0 Å². The standard InChI is InChI=1S/C33H21N5OS/c1-3-9-22-21(8-1)18-36-31(22)30-28(24-17-20-7-2-4-10-23(20)37-24)29(27-12-6-16-40-27)33(26-11-5-15-39-26)38-32(30)25-19-34-13-14-35-25/h1-19,36-37H. The lowest BCUT2D eigenvalue weighted by Crippen LogP contribution is -2.02. The van der Waals surface area contributed by atoms with Crippen LogP contribution >= 0.6 is 11.3 Å². The maximum absolute atomic E-state index is 5.99. The summed E-state index contributed by atoms with van der Waals surface area (Å²) >= 11 is 1.68. The molecule has 0 saturated carbocycles. The Morgan fingerprint density at radius 2 is 1.68 bits per heavy atom. The van der Waals surface area contributed by atoms with Crippen molar-refractivity contribution >= 4 is 33.0 Å². The fourth-order valence-corrected chi connectivity index (χ4v) is 6.23. The van der Waals surface area contributed by atoms with Crippen molar-refractivity contribution in [1.82, 2.24) is 24.9 Å². The Hall–Kier alpha value is -5.27. The molecule has 0 aliphatic carbocycles. The largest absolute Gasteiger partial charge is 0.463 e. The van der Waals surface area contributed by atoms with Gasteiger partial charge in [0.2, 0.25) is 0 Å². The normalized spacial score (nSPS) is 11.5. The Kier molecular flexibility index (Phi) is 5.21. The van der Waals surface area contributed by atoms with Crippen molar-refractivity contribution in [2.24, 2.45) is 0 Å². The van der Waals surface area contributed by atoms with E-state index >= 15 is 0 Å². The van der Waals surface area contributed by atoms with Crippen LogP contribution in [0.5, 0.6) is 0 Å². The fourth-order valence-electron chi connectivity index (χ4n) is 5.45. The number of aromatic nitrogens is 5. The van der Waals surface area contributed by atoms with Gasteiger partial charge in [-0.25, -0.2) is 4.98 Å². The zero-order valence-corrected chi connectivity index (χ0v) is 21.9. The van der Waals surface area contributed by atoms with E-state index in [0.29, 0.717) is 11.5 Å². The summed E-state index contributed by atoms with van der Waals surface area (Å²) in [4.78, 5) is 22.8. The van der Waals surface area contributed by atoms with Gasteiger partial charge in [0.1, 0.15) is 17.1 Å². The van der Waals surface area contributed by atoms with E-state index in [4.69, 9.17) is 14.4 Å². The second-order valence-corrected chi connectivity index (χ2v) is 10.4. The topological polar surface area (TPSA) is 83.4 Å². The van der Waals surface area contributed by atoms with Crippen LogP contribution in [0.15, 0.2) is 120 Å². The lowest BCUT2D eigenvalue weighted by atomic mass is 9.90. The predicted octanol–water partition coefficient (Wildman–Crippen LogP) is 8.82. The smallest absolute Gasteiger partial charge is 0.152 e. The molecule has 0 fully saturated rings. The Labute approximate surface area is 233 Å². The van der Waals surface area contributed by atoms with E-state index in [1.807, 2.05) is 24.4 Å². The molecule has 0 spiro atoms. The Bertz CT molecular complexity index is 2070. The molecule has 6 nitrogen and oxygen atoms in total. The van der Waals surface area contributed by atoms with Gasteiger partial charge in [0.05, 0.1) is 18.2 Å². The molecule has 6 heterocycles. The van der Waals surface area contributed by atoms with E-state index in [-0.39, 0.29) is 0 Å². The van der Waals surface area contributed by atoms with Crippen molar-refractivity contribution in [1.29, 1.82) is 0 Å². The maximum atomic E-state index is 5.99. The highest BCUT2D eigenvalue weighted by molar-refractivity contribution is 7.13. The minimum Gasteiger partial charge on any atom is -0.463 e. The summed E-state index contributed by atoms with van der Waals surface area (Å²) in [6.07, 6.45) is 8.88. The second kappa shape index (κ2) is 9.18. The Morgan fingerprint density at radius 3 is 2.48 bits per heavy atom. The average molecular weight is 536 g/mol. The minimum atomic E-state index is 0.680. The summed E-state index contributed by atoms with van der Waals surface area (Å²) in [7, 11) is 0. The van der Waals surface area contributed by atoms with Gasteiger partial charge in [-0.1, -0.05) is 48.5 Å². The number of para-hydroxylation sites is 1. The zero-order valence-electron chi connectivity index (χ0n) is 21.1. The third kappa shape index (κ3) is 3.60. The summed E-state index contributed by atoms with van der Waals surface area (Å²) in [5.41, 5.74) is 8.15. The first kappa shape index (κ1) is 22.7. The average Bonchev–Trinajstić information content (AvgIpc) is 3.83. The summed E-state index contributed by atoms with van der Waals surface area (Å²) in [5.74, 6) is 0.689. The fraction of sp³-hybridized carbons (Fsp3) is 0. The molecule has 2 N–H and O–H groups in total. The molecule has 0 aliphatic heterocycles. The minimum absolute atomic E-state index is 0.680. The lowest BCUT2D eigenvalue weighted by molar-refractivity contribution is 0.580. The third-order valence-electron chi connectivity index (χ3n) is 7.18. The number of nitrogens with one attached hydrogen (secondary N) is 2. The molecule has 0 aliphatic rings. The quantitative estimate of drug-likeness (QED) is 0.231. The number of hydrogen-bond donors (Lipinski definition) is 2. The number of aromatic amines is 2. The van der Waals surface area contributed by atoms with Gasteiger partial charge < -0.3 is 14.4 Å². The van der Waals surface area contributed by atoms with Gasteiger partial charge >= 0.3 is 0 Å². The van der Waals surface area contributed by atoms with Crippen LogP contribution in [-0.4, -0.2) is 24.9 Å². The van der Waals surface area contributed by atoms with Crippen molar-refractivity contribution in [3.8, 4) is 55.8 Å². The predicted molar refractivity (Wildman–Crippen MR) is 161 cm³/mol. The molecule has 8 rings (SSSR count). The Morgan fingerprint density at radius 1 is 0.775 bits per heavy atom. The number of furan rings is 1. The molecule has 40 heavy (non-hydrogen) atoms. The highest BCUT2D eigenvalue weighted by Gasteiger charge is 2.29. The van der Waals surface area contributed by atoms with Crippen LogP contribution < -0.4 is 0 Å². The van der Waals surface area contributed by atoms with Gasteiger partial charge in [-0.3, -0.25) is 9.97 Å². The van der Waals surface area contributed by atoms with Gasteiger partial charge in [0, 0.05) is 62.1 Å². The van der Waals surface area contributed by atoms with Crippen LogP contribution in [0, 0.1) is 0 Å². The molecule has 0 atom stereocenters. The molecule has 0 amide bonds. The zero-order chi connectivity index (χ0) is 26.5. The van der Waals surface area contributed by atoms with Crippen molar-refractivity contribution < 1.29 is 4.42 Å². The van der Waals surface area contributed by atoms with Crippen LogP contribution in [-0.2, 0) is 0 Å². The van der Waals surface area contributed by atoms with Crippen LogP contribution in [0.3, 0.4) is 0 Å². The first-order valence-corrected chi connectivity index (χ1v) is 13.8. The van der Waals surface area contributed by atoms with Crippen molar-refractivity contribution in [2.45, 2.75) is 0 Å². The van der Waals surface area contributed by atoms with Crippen LogP contribution in [0.2, 0.25) is 0 Å². The van der Waals surface area contributed by atoms with Gasteiger partial charge in [0.15, 0.2) is 5.76 Å². The summed E-state index contributed by atoms with van der Waals surface area (Å²) in [6, 6.07) is 27.0. The van der Waals surface area contributed by atoms with Crippen LogP contribution in [0.1, 0.15) is 0 Å². The highest BCUT2D eigenvalue weighted by Crippen LogP contribution is 2.50. The molecule has 2 aromatic carbocycles. The maximum Gasteiger partial charge on any atom is 0.152 e. The number of H-pyrrole nitrogens is 2. The van der Waals surface area contributed by atoms with Crippen molar-refractivity contribution in [3.63, 3.8) is 0 Å². The van der Waals surface area contributed by atoms with Crippen molar-refractivity contribution in [2.75, 3.05) is 0 Å². The van der Waals surface area contributed by atoms with E-state index < -0.39 is 0 Å². The van der Waals surface area contributed by atoms with Gasteiger partial charge in [0.25, 0.3) is 0 Å². The molecule has 8 aromatic rings. The molecule has 190 valence electrons. The van der Waals surface area contributed by atoms with E-state index in [1.165, 1.54) is 0 Å². The Balaban J connectivity index is 1.60. The number of pyridine rings is 1. The first-order valence-electron chi connectivity index (χ1n) is 12.9. The molecular formula is C33H21N5OS. The van der Waals surface area contributed by atoms with Gasteiger partial charge in [-0.15, -0.1) is 11.3 Å². The summed E-state index contributed by atoms with van der Waals surface area (Å²) < 4.78 is 5.99. The summed E-state index contributed by atoms with van der Waals surface area (Å²) in [6.45, 7) is 0. The van der Waals surface area contributed by atoms with E-state index in [9.17, 15) is 0 Å². The van der Waals surface area contributed by atoms with Gasteiger partial charge in [-0.05, 0) is 41.1 Å². The molecule has 0 bridgehead atoms. The highest BCUT2D eigenvalue weighted by atomic mass is 32.1. The number of fused-ring (bicyclic) bond motifs is 2. The number of hydrogen-bond acceptors (Lipinski definition) is 5. The van der Waals surface area contributed by atoms with Crippen LogP contribution in [0.25, 0.3) is 77.5 Å². The molecule has 6 aromatic heterocycles. The second-order valence-electron chi connectivity index (χ2n) is 9.50. The molecule has 0 saturated heterocycles. The number of thiophene rings is 1. The molecular weight excluding hydrogens is 514 g/mol. The lowest BCUT2D eigenvalue weighted by Gasteiger charge is -2.20. The molecule has 0 unspecified atom stereocenters. The SMILES string of the molecule is c1coc(-c2nc(-c3cnccn3)c(-c3[nH]cc4ccccc34)c(-c3cc4ccccc4[nH]3)c2-c2cccs2)c1. The summed E-state index contributed by atoms with van der Waals surface area (Å²) in [5, 5.41) is 5.46. The van der Waals surface area contributed by atoms with E-state index in [2.05, 4.69) is 81.0 Å². The van der Waals surface area contributed by atoms with E-state index in [1.54, 1.807) is 36.2 Å². The first-order chi connectivity index (χ1) is 19.8. The number of benzene rings is 2. The number of rotatable bonds is 5. The molecule has 0 radical (unpaired) electrons. The van der Waals surface area contributed by atoms with Crippen molar-refractivity contribution in [3.05, 3.63) is 115 Å². The molecule has 7 heteroatoms. The van der Waals surface area contributed by atoms with E-state index in [0.717, 1.165) is 66.0 Å².